The molecule has 0 saturated heterocycles. The summed E-state index contributed by atoms with van der Waals surface area (Å²) in [6.45, 7) is 2.18. The Morgan fingerprint density at radius 2 is 2.11 bits per heavy atom. The van der Waals surface area contributed by atoms with E-state index >= 15 is 0 Å². The number of carbonyl (C=O) groups is 1. The van der Waals surface area contributed by atoms with E-state index in [0.29, 0.717) is 11.5 Å². The number of rotatable bonds is 2. The first kappa shape index (κ1) is 13.0. The average molecular weight is 250 g/mol. The number of aromatic nitrogens is 1. The highest BCUT2D eigenvalue weighted by molar-refractivity contribution is 5.94. The Bertz CT molecular complexity index is 405. The fraction of sp³-hybridized carbons (Fsp3) is 0.571. The highest BCUT2D eigenvalue weighted by Gasteiger charge is 2.22. The smallest absolute Gasteiger partial charge is 0.253 e. The molecule has 1 heterocycles. The number of carbonyl (C=O) groups excluding carboxylic acids is 1. The normalized spacial score (nSPS) is 24.3. The summed E-state index contributed by atoms with van der Waals surface area (Å²) < 4.78 is 12.7. The highest BCUT2D eigenvalue weighted by atomic mass is 19.1. The van der Waals surface area contributed by atoms with Crippen molar-refractivity contribution >= 4 is 5.91 Å². The molecule has 2 atom stereocenters. The lowest BCUT2D eigenvalue weighted by Gasteiger charge is -2.22. The predicted molar refractivity (Wildman–Crippen MR) is 67.7 cm³/mol. The number of nitrogens with one attached hydrogen (secondary N) is 1. The van der Waals surface area contributed by atoms with Crippen molar-refractivity contribution in [3.05, 3.63) is 29.8 Å². The molecule has 1 aliphatic rings. The van der Waals surface area contributed by atoms with E-state index in [9.17, 15) is 9.18 Å². The molecule has 0 bridgehead atoms. The second-order valence-electron chi connectivity index (χ2n) is 5.06. The Morgan fingerprint density at radius 1 is 1.33 bits per heavy atom. The molecule has 2 rings (SSSR count). The van der Waals surface area contributed by atoms with Crippen molar-refractivity contribution < 1.29 is 9.18 Å². The standard InChI is InChI=1S/C14H19FN2O/c1-10-5-3-2-4-6-12(10)17-14(18)11-7-8-13(15)16-9-11/h7-10,12H,2-6H2,1H3,(H,17,18). The van der Waals surface area contributed by atoms with Gasteiger partial charge in [0.05, 0.1) is 5.56 Å². The molecule has 0 aliphatic heterocycles. The number of hydrogen-bond acceptors (Lipinski definition) is 2. The van der Waals surface area contributed by atoms with E-state index in [4.69, 9.17) is 0 Å². The minimum Gasteiger partial charge on any atom is -0.349 e. The second-order valence-corrected chi connectivity index (χ2v) is 5.06. The van der Waals surface area contributed by atoms with E-state index in [0.717, 1.165) is 19.3 Å². The maximum Gasteiger partial charge on any atom is 0.253 e. The summed E-state index contributed by atoms with van der Waals surface area (Å²) in [5.74, 6) is -0.208. The summed E-state index contributed by atoms with van der Waals surface area (Å²) in [7, 11) is 0. The van der Waals surface area contributed by atoms with Crippen molar-refractivity contribution in [1.29, 1.82) is 0 Å². The van der Waals surface area contributed by atoms with Gasteiger partial charge in [-0.15, -0.1) is 0 Å². The number of amides is 1. The molecule has 3 nitrogen and oxygen atoms in total. The van der Waals surface area contributed by atoms with E-state index in [1.54, 1.807) is 0 Å². The molecule has 0 aromatic carbocycles. The first-order valence-electron chi connectivity index (χ1n) is 6.59. The van der Waals surface area contributed by atoms with E-state index in [1.807, 2.05) is 0 Å². The first-order valence-corrected chi connectivity index (χ1v) is 6.59. The molecule has 1 aromatic heterocycles. The molecule has 0 radical (unpaired) electrons. The Morgan fingerprint density at radius 3 is 2.83 bits per heavy atom. The SMILES string of the molecule is CC1CCCCCC1NC(=O)c1ccc(F)nc1. The van der Waals surface area contributed by atoms with Crippen molar-refractivity contribution in [2.45, 2.75) is 45.1 Å². The van der Waals surface area contributed by atoms with E-state index in [2.05, 4.69) is 17.2 Å². The molecule has 18 heavy (non-hydrogen) atoms. The van der Waals surface area contributed by atoms with Gasteiger partial charge in [0.2, 0.25) is 5.95 Å². The van der Waals surface area contributed by atoms with Crippen LogP contribution in [-0.4, -0.2) is 16.9 Å². The molecule has 4 heteroatoms. The molecule has 1 fully saturated rings. The third kappa shape index (κ3) is 3.28. The average Bonchev–Trinajstić information content (AvgIpc) is 2.56. The van der Waals surface area contributed by atoms with E-state index in [-0.39, 0.29) is 11.9 Å². The van der Waals surface area contributed by atoms with Gasteiger partial charge in [-0.3, -0.25) is 4.79 Å². The Labute approximate surface area is 107 Å². The zero-order valence-electron chi connectivity index (χ0n) is 10.7. The van der Waals surface area contributed by atoms with Crippen molar-refractivity contribution in [3.8, 4) is 0 Å². The molecule has 2 unspecified atom stereocenters. The van der Waals surface area contributed by atoms with Crippen molar-refractivity contribution in [3.63, 3.8) is 0 Å². The summed E-state index contributed by atoms with van der Waals surface area (Å²) in [5.41, 5.74) is 0.424. The molecule has 0 spiro atoms. The Kier molecular flexibility index (Phi) is 4.28. The zero-order chi connectivity index (χ0) is 13.0. The van der Waals surface area contributed by atoms with Crippen molar-refractivity contribution in [2.75, 3.05) is 0 Å². The molecular formula is C14H19FN2O. The van der Waals surface area contributed by atoms with Gasteiger partial charge in [0.25, 0.3) is 5.91 Å². The van der Waals surface area contributed by atoms with Gasteiger partial charge in [0, 0.05) is 12.2 Å². The zero-order valence-corrected chi connectivity index (χ0v) is 10.7. The Hall–Kier alpha value is -1.45. The minimum absolute atomic E-state index is 0.152. The van der Waals surface area contributed by atoms with Gasteiger partial charge in [0.15, 0.2) is 0 Å². The molecule has 1 amide bonds. The van der Waals surface area contributed by atoms with Crippen molar-refractivity contribution in [2.24, 2.45) is 5.92 Å². The van der Waals surface area contributed by atoms with Crippen LogP contribution in [0.4, 0.5) is 4.39 Å². The molecule has 98 valence electrons. The monoisotopic (exact) mass is 250 g/mol. The lowest BCUT2D eigenvalue weighted by molar-refractivity contribution is 0.0921. The van der Waals surface area contributed by atoms with E-state index < -0.39 is 5.95 Å². The number of nitrogens with zero attached hydrogens (tertiary/aromatic N) is 1. The van der Waals surface area contributed by atoms with Gasteiger partial charge in [0.1, 0.15) is 0 Å². The minimum atomic E-state index is -0.561. The van der Waals surface area contributed by atoms with Crippen LogP contribution in [-0.2, 0) is 0 Å². The van der Waals surface area contributed by atoms with Crippen LogP contribution in [0.25, 0.3) is 0 Å². The van der Waals surface area contributed by atoms with Gasteiger partial charge in [-0.1, -0.05) is 26.2 Å². The summed E-state index contributed by atoms with van der Waals surface area (Å²) in [6.07, 6.45) is 7.12. The second kappa shape index (κ2) is 5.94. The lowest BCUT2D eigenvalue weighted by atomic mass is 9.97. The van der Waals surface area contributed by atoms with Crippen LogP contribution in [0.15, 0.2) is 18.3 Å². The van der Waals surface area contributed by atoms with Crippen LogP contribution in [0.2, 0.25) is 0 Å². The predicted octanol–water partition coefficient (Wildman–Crippen LogP) is 2.92. The van der Waals surface area contributed by atoms with Crippen LogP contribution in [0.1, 0.15) is 49.4 Å². The van der Waals surface area contributed by atoms with E-state index in [1.165, 1.54) is 31.2 Å². The number of halogens is 1. The quantitative estimate of drug-likeness (QED) is 0.647. The van der Waals surface area contributed by atoms with Gasteiger partial charge < -0.3 is 5.32 Å². The van der Waals surface area contributed by atoms with Crippen molar-refractivity contribution in [1.82, 2.24) is 10.3 Å². The van der Waals surface area contributed by atoms with Gasteiger partial charge in [-0.2, -0.15) is 4.39 Å². The van der Waals surface area contributed by atoms with Crippen LogP contribution < -0.4 is 5.32 Å². The summed E-state index contributed by atoms with van der Waals surface area (Å²) >= 11 is 0. The van der Waals surface area contributed by atoms with Crippen LogP contribution in [0, 0.1) is 11.9 Å². The maximum absolute atomic E-state index is 12.7. The highest BCUT2D eigenvalue weighted by Crippen LogP contribution is 2.23. The van der Waals surface area contributed by atoms with Gasteiger partial charge >= 0.3 is 0 Å². The lowest BCUT2D eigenvalue weighted by Crippen LogP contribution is -2.38. The fourth-order valence-electron chi connectivity index (χ4n) is 2.47. The van der Waals surface area contributed by atoms with Crippen LogP contribution in [0.5, 0.6) is 0 Å². The molecule has 1 aromatic rings. The number of hydrogen-bond donors (Lipinski definition) is 1. The molecule has 1 saturated carbocycles. The number of pyridine rings is 1. The van der Waals surface area contributed by atoms with Gasteiger partial charge in [-0.05, 0) is 30.9 Å². The maximum atomic E-state index is 12.7. The van der Waals surface area contributed by atoms with Crippen LogP contribution in [0.3, 0.4) is 0 Å². The third-order valence-corrected chi connectivity index (χ3v) is 3.67. The first-order chi connectivity index (χ1) is 8.66. The molecule has 1 N–H and O–H groups in total. The summed E-state index contributed by atoms with van der Waals surface area (Å²) in [6, 6.07) is 2.91. The topological polar surface area (TPSA) is 42.0 Å². The fourth-order valence-corrected chi connectivity index (χ4v) is 2.47. The Balaban J connectivity index is 1.99. The summed E-state index contributed by atoms with van der Waals surface area (Å²) in [4.78, 5) is 15.5. The molecule has 1 aliphatic carbocycles. The third-order valence-electron chi connectivity index (χ3n) is 3.67. The summed E-state index contributed by atoms with van der Waals surface area (Å²) in [5, 5.41) is 3.04. The molecular weight excluding hydrogens is 231 g/mol. The largest absolute Gasteiger partial charge is 0.349 e. The van der Waals surface area contributed by atoms with Crippen LogP contribution >= 0.6 is 0 Å². The van der Waals surface area contributed by atoms with Gasteiger partial charge in [-0.25, -0.2) is 4.98 Å².